The van der Waals surface area contributed by atoms with Gasteiger partial charge in [-0.15, -0.1) is 0 Å². The number of fused-ring (bicyclic) bond motifs is 1. The summed E-state index contributed by atoms with van der Waals surface area (Å²) in [5.41, 5.74) is 0.730. The summed E-state index contributed by atoms with van der Waals surface area (Å²) in [5.74, 6) is -1.92. The minimum Gasteiger partial charge on any atom is -0.503 e. The number of nitro benzene ring substituents is 1. The van der Waals surface area contributed by atoms with E-state index >= 15 is 0 Å². The normalized spacial score (nSPS) is 16.8. The number of Topliss-reactive ketones (excluding diaryl/α,β-unsaturated/α-hetero) is 1. The third-order valence-electron chi connectivity index (χ3n) is 4.47. The molecule has 1 aromatic heterocycles. The number of ketones is 1. The van der Waals surface area contributed by atoms with E-state index in [1.54, 1.807) is 12.1 Å². The third-order valence-corrected chi connectivity index (χ3v) is 5.51. The fourth-order valence-corrected chi connectivity index (χ4v) is 4.24. The predicted octanol–water partition coefficient (Wildman–Crippen LogP) is 3.69. The summed E-state index contributed by atoms with van der Waals surface area (Å²) in [5, 5.41) is 21.8. The molecule has 0 radical (unpaired) electrons. The lowest BCUT2D eigenvalue weighted by molar-refractivity contribution is -0.384. The molecular formula is C19H13N3O5S. The average molecular weight is 395 g/mol. The van der Waals surface area contributed by atoms with Crippen LogP contribution in [-0.2, 0) is 9.59 Å². The molecule has 2 aromatic carbocycles. The van der Waals surface area contributed by atoms with Crippen LogP contribution in [0.1, 0.15) is 18.5 Å². The van der Waals surface area contributed by atoms with Crippen molar-refractivity contribution in [2.45, 2.75) is 13.0 Å². The summed E-state index contributed by atoms with van der Waals surface area (Å²) in [6.07, 6.45) is 0. The van der Waals surface area contributed by atoms with E-state index in [4.69, 9.17) is 0 Å². The van der Waals surface area contributed by atoms with E-state index in [0.29, 0.717) is 16.2 Å². The molecule has 1 N–H and O–H groups in total. The van der Waals surface area contributed by atoms with Crippen molar-refractivity contribution in [3.05, 3.63) is 75.5 Å². The summed E-state index contributed by atoms with van der Waals surface area (Å²) < 4.78 is 0.832. The van der Waals surface area contributed by atoms with Gasteiger partial charge in [-0.1, -0.05) is 35.6 Å². The number of nitro groups is 1. The Morgan fingerprint density at radius 3 is 2.68 bits per heavy atom. The second kappa shape index (κ2) is 6.54. The van der Waals surface area contributed by atoms with Gasteiger partial charge in [-0.25, -0.2) is 4.98 Å². The zero-order valence-corrected chi connectivity index (χ0v) is 15.3. The van der Waals surface area contributed by atoms with Gasteiger partial charge in [0.25, 0.3) is 11.6 Å². The molecule has 9 heteroatoms. The zero-order valence-electron chi connectivity index (χ0n) is 14.5. The van der Waals surface area contributed by atoms with E-state index in [2.05, 4.69) is 4.98 Å². The van der Waals surface area contributed by atoms with Crippen LogP contribution in [0.4, 0.5) is 10.8 Å². The summed E-state index contributed by atoms with van der Waals surface area (Å²) in [6, 6.07) is 12.0. The number of benzene rings is 2. The Bertz CT molecular complexity index is 1150. The number of anilines is 1. The predicted molar refractivity (Wildman–Crippen MR) is 103 cm³/mol. The number of carbonyl (C=O) groups is 2. The number of nitrogens with zero attached hydrogens (tertiary/aromatic N) is 3. The fraction of sp³-hybridized carbons (Fsp3) is 0.105. The molecule has 0 aliphatic carbocycles. The van der Waals surface area contributed by atoms with Gasteiger partial charge in [-0.05, 0) is 24.6 Å². The molecule has 1 unspecified atom stereocenters. The minimum atomic E-state index is -0.995. The number of thiazole rings is 1. The maximum Gasteiger partial charge on any atom is 0.296 e. The number of para-hydroxylation sites is 1. The molecule has 0 bridgehead atoms. The van der Waals surface area contributed by atoms with E-state index in [0.717, 1.165) is 4.70 Å². The van der Waals surface area contributed by atoms with Gasteiger partial charge < -0.3 is 5.11 Å². The van der Waals surface area contributed by atoms with Crippen LogP contribution in [0, 0.1) is 10.1 Å². The van der Waals surface area contributed by atoms with Gasteiger partial charge >= 0.3 is 0 Å². The SMILES string of the molecule is CC(=O)C1=C(O)C(=O)N(c2nc3ccccc3s2)C1c1cccc([N+](=O)[O-])c1. The second-order valence-corrected chi connectivity index (χ2v) is 7.22. The molecule has 1 amide bonds. The Balaban J connectivity index is 1.91. The first-order chi connectivity index (χ1) is 13.4. The molecule has 1 atom stereocenters. The van der Waals surface area contributed by atoms with Crippen LogP contribution in [0.15, 0.2) is 59.9 Å². The van der Waals surface area contributed by atoms with Crippen molar-refractivity contribution in [3.8, 4) is 0 Å². The molecule has 4 rings (SSSR count). The van der Waals surface area contributed by atoms with Gasteiger partial charge in [-0.3, -0.25) is 24.6 Å². The Hall–Kier alpha value is -3.59. The lowest BCUT2D eigenvalue weighted by Crippen LogP contribution is -2.30. The van der Waals surface area contributed by atoms with E-state index in [-0.39, 0.29) is 11.3 Å². The van der Waals surface area contributed by atoms with Crippen molar-refractivity contribution < 1.29 is 19.6 Å². The van der Waals surface area contributed by atoms with Crippen LogP contribution in [0.2, 0.25) is 0 Å². The summed E-state index contributed by atoms with van der Waals surface area (Å²) in [7, 11) is 0. The van der Waals surface area contributed by atoms with Crippen LogP contribution in [0.25, 0.3) is 10.2 Å². The molecule has 0 spiro atoms. The van der Waals surface area contributed by atoms with E-state index in [9.17, 15) is 24.8 Å². The van der Waals surface area contributed by atoms with Crippen molar-refractivity contribution in [2.24, 2.45) is 0 Å². The number of hydrogen-bond acceptors (Lipinski definition) is 7. The summed E-state index contributed by atoms with van der Waals surface area (Å²) in [6.45, 7) is 1.24. The van der Waals surface area contributed by atoms with Crippen molar-refractivity contribution in [3.63, 3.8) is 0 Å². The summed E-state index contributed by atoms with van der Waals surface area (Å²) >= 11 is 1.23. The van der Waals surface area contributed by atoms with E-state index < -0.39 is 28.4 Å². The number of amides is 1. The molecule has 0 saturated heterocycles. The zero-order chi connectivity index (χ0) is 20.0. The first kappa shape index (κ1) is 17.8. The van der Waals surface area contributed by atoms with Crippen molar-refractivity contribution in [1.29, 1.82) is 0 Å². The first-order valence-electron chi connectivity index (χ1n) is 8.26. The lowest BCUT2D eigenvalue weighted by Gasteiger charge is -2.23. The van der Waals surface area contributed by atoms with Crippen molar-refractivity contribution in [1.82, 2.24) is 4.98 Å². The van der Waals surface area contributed by atoms with E-state index in [1.165, 1.54) is 41.4 Å². The Morgan fingerprint density at radius 2 is 2.00 bits per heavy atom. The van der Waals surface area contributed by atoms with E-state index in [1.807, 2.05) is 18.2 Å². The molecule has 2 heterocycles. The number of hydrogen-bond donors (Lipinski definition) is 1. The van der Waals surface area contributed by atoms with Gasteiger partial charge in [-0.2, -0.15) is 0 Å². The standard InChI is InChI=1S/C19H13N3O5S/c1-10(23)15-16(11-5-4-6-12(9-11)22(26)27)21(18(25)17(15)24)19-20-13-7-2-3-8-14(13)28-19/h2-9,16,24H,1H3. The molecule has 0 saturated carbocycles. The highest BCUT2D eigenvalue weighted by Gasteiger charge is 2.44. The van der Waals surface area contributed by atoms with Crippen LogP contribution >= 0.6 is 11.3 Å². The van der Waals surface area contributed by atoms with Crippen molar-refractivity contribution >= 4 is 44.1 Å². The number of aliphatic hydroxyl groups excluding tert-OH is 1. The fourth-order valence-electron chi connectivity index (χ4n) is 3.25. The van der Waals surface area contributed by atoms with Crippen LogP contribution in [0.3, 0.4) is 0 Å². The third kappa shape index (κ3) is 2.72. The number of rotatable bonds is 4. The van der Waals surface area contributed by atoms with Crippen LogP contribution in [-0.4, -0.2) is 26.7 Å². The molecule has 8 nitrogen and oxygen atoms in total. The lowest BCUT2D eigenvalue weighted by atomic mass is 9.96. The van der Waals surface area contributed by atoms with Gasteiger partial charge in [0.1, 0.15) is 0 Å². The maximum absolute atomic E-state index is 12.8. The van der Waals surface area contributed by atoms with Gasteiger partial charge in [0, 0.05) is 12.1 Å². The van der Waals surface area contributed by atoms with Gasteiger partial charge in [0.2, 0.25) is 0 Å². The molecular weight excluding hydrogens is 382 g/mol. The maximum atomic E-state index is 12.8. The smallest absolute Gasteiger partial charge is 0.296 e. The number of non-ortho nitro benzene ring substituents is 1. The largest absolute Gasteiger partial charge is 0.503 e. The topological polar surface area (TPSA) is 114 Å². The quantitative estimate of drug-likeness (QED) is 0.532. The van der Waals surface area contributed by atoms with Gasteiger partial charge in [0.05, 0.1) is 26.8 Å². The molecule has 0 fully saturated rings. The van der Waals surface area contributed by atoms with Crippen molar-refractivity contribution in [2.75, 3.05) is 4.90 Å². The monoisotopic (exact) mass is 395 g/mol. The Labute approximate surface area is 162 Å². The molecule has 1 aliphatic heterocycles. The average Bonchev–Trinajstić information content (AvgIpc) is 3.20. The van der Waals surface area contributed by atoms with Crippen LogP contribution in [0.5, 0.6) is 0 Å². The summed E-state index contributed by atoms with van der Waals surface area (Å²) in [4.78, 5) is 41.3. The molecule has 3 aromatic rings. The van der Waals surface area contributed by atoms with Gasteiger partial charge in [0.15, 0.2) is 16.7 Å². The number of aliphatic hydroxyl groups is 1. The Morgan fingerprint density at radius 1 is 1.25 bits per heavy atom. The molecule has 140 valence electrons. The van der Waals surface area contributed by atoms with Crippen LogP contribution < -0.4 is 4.90 Å². The highest BCUT2D eigenvalue weighted by atomic mass is 32.1. The highest BCUT2D eigenvalue weighted by molar-refractivity contribution is 7.22. The minimum absolute atomic E-state index is 0.107. The molecule has 28 heavy (non-hydrogen) atoms. The molecule has 1 aliphatic rings. The second-order valence-electron chi connectivity index (χ2n) is 6.21. The Kier molecular flexibility index (Phi) is 4.16. The number of aromatic nitrogens is 1. The first-order valence-corrected chi connectivity index (χ1v) is 9.07. The highest BCUT2D eigenvalue weighted by Crippen LogP contribution is 2.43. The number of carbonyl (C=O) groups excluding carboxylic acids is 2.